The summed E-state index contributed by atoms with van der Waals surface area (Å²) >= 11 is 1.30. The van der Waals surface area contributed by atoms with Crippen LogP contribution in [0, 0.1) is 6.92 Å². The van der Waals surface area contributed by atoms with Gasteiger partial charge < -0.3 is 19.6 Å². The lowest BCUT2D eigenvalue weighted by atomic mass is 9.96. The van der Waals surface area contributed by atoms with Crippen molar-refractivity contribution in [1.82, 2.24) is 4.98 Å². The zero-order chi connectivity index (χ0) is 40.2. The van der Waals surface area contributed by atoms with Crippen molar-refractivity contribution < 1.29 is 28.6 Å². The number of aromatic nitrogens is 1. The summed E-state index contributed by atoms with van der Waals surface area (Å²) in [4.78, 5) is 43.9. The van der Waals surface area contributed by atoms with Crippen molar-refractivity contribution in [3.05, 3.63) is 167 Å². The molecule has 57 heavy (non-hydrogen) atoms. The predicted octanol–water partition coefficient (Wildman–Crippen LogP) is 10.5. The van der Waals surface area contributed by atoms with Crippen molar-refractivity contribution >= 4 is 35.0 Å². The van der Waals surface area contributed by atoms with E-state index in [4.69, 9.17) is 9.15 Å². The topological polar surface area (TPSA) is 119 Å². The Bertz CT molecular complexity index is 2250. The van der Waals surface area contributed by atoms with Crippen LogP contribution in [-0.2, 0) is 28.9 Å². The first-order valence-electron chi connectivity index (χ1n) is 19.3. The molecule has 0 amide bonds. The maximum Gasteiger partial charge on any atom is 0.319 e. The molecule has 6 rings (SSSR count). The fraction of sp³-hybridized carbons (Fsp3) is 0.250. The standard InChI is InChI=1S/C48H48N2O6S/c1-33-43(50-46(56-33)37-14-8-5-9-15-37)30-31-55-40-26-19-35(20-27-40)32-38(49-44-17-11-10-16-42(44)45(52)36-12-6-4-7-13-36)23-25-39(51)24-18-34-21-28-41(29-22-34)57-48(2,3)47(53)54/h4-17,19-22,26-29,38,49H,18,23-25,30-32H2,1-3H3,(H,53,54)/t38-/m1/s1. The minimum atomic E-state index is -0.931. The number of ketones is 2. The van der Waals surface area contributed by atoms with Crippen LogP contribution in [0.4, 0.5) is 5.69 Å². The van der Waals surface area contributed by atoms with Crippen molar-refractivity contribution in [2.75, 3.05) is 11.9 Å². The molecule has 292 valence electrons. The number of carbonyl (C=O) groups excluding carboxylic acids is 2. The molecule has 1 atom stereocenters. The fourth-order valence-corrected chi connectivity index (χ4v) is 7.39. The highest BCUT2D eigenvalue weighted by atomic mass is 32.2. The van der Waals surface area contributed by atoms with E-state index in [0.717, 1.165) is 44.5 Å². The van der Waals surface area contributed by atoms with E-state index in [1.165, 1.54) is 11.8 Å². The number of aliphatic carboxylic acids is 1. The molecule has 2 N–H and O–H groups in total. The lowest BCUT2D eigenvalue weighted by Crippen LogP contribution is -2.26. The zero-order valence-electron chi connectivity index (χ0n) is 32.6. The van der Waals surface area contributed by atoms with Gasteiger partial charge in [-0.15, -0.1) is 11.8 Å². The van der Waals surface area contributed by atoms with E-state index in [2.05, 4.69) is 10.3 Å². The predicted molar refractivity (Wildman–Crippen MR) is 226 cm³/mol. The summed E-state index contributed by atoms with van der Waals surface area (Å²) in [7, 11) is 0. The van der Waals surface area contributed by atoms with Gasteiger partial charge in [0.25, 0.3) is 0 Å². The normalized spacial score (nSPS) is 11.8. The Morgan fingerprint density at radius 1 is 0.789 bits per heavy atom. The third-order valence-electron chi connectivity index (χ3n) is 9.77. The van der Waals surface area contributed by atoms with Gasteiger partial charge in [-0.05, 0) is 99.7 Å². The number of hydrogen-bond acceptors (Lipinski definition) is 8. The average Bonchev–Trinajstić information content (AvgIpc) is 3.60. The number of ether oxygens (including phenoxy) is 1. The van der Waals surface area contributed by atoms with Gasteiger partial charge in [0.05, 0.1) is 12.3 Å². The maximum absolute atomic E-state index is 13.6. The van der Waals surface area contributed by atoms with Crippen molar-refractivity contribution in [2.24, 2.45) is 0 Å². The van der Waals surface area contributed by atoms with Crippen LogP contribution in [0.3, 0.4) is 0 Å². The quantitative estimate of drug-likeness (QED) is 0.0576. The summed E-state index contributed by atoms with van der Waals surface area (Å²) in [6.07, 6.45) is 3.20. The minimum Gasteiger partial charge on any atom is -0.493 e. The third-order valence-corrected chi connectivity index (χ3v) is 11.0. The average molecular weight is 781 g/mol. The zero-order valence-corrected chi connectivity index (χ0v) is 33.4. The maximum atomic E-state index is 13.6. The van der Waals surface area contributed by atoms with E-state index in [1.54, 1.807) is 13.8 Å². The Hall–Kier alpha value is -5.93. The van der Waals surface area contributed by atoms with Gasteiger partial charge in [0, 0.05) is 52.6 Å². The van der Waals surface area contributed by atoms with Gasteiger partial charge in [0.15, 0.2) is 5.78 Å². The van der Waals surface area contributed by atoms with Crippen LogP contribution in [0.2, 0.25) is 0 Å². The number of carboxylic acids is 1. The molecular formula is C48H48N2O6S. The number of Topliss-reactive ketones (excluding diaryl/α,β-unsaturated/α-hetero) is 1. The Balaban J connectivity index is 1.08. The summed E-state index contributed by atoms with van der Waals surface area (Å²) in [6.45, 7) is 5.74. The Kier molecular flexibility index (Phi) is 13.8. The Labute approximate surface area is 338 Å². The molecule has 0 saturated heterocycles. The molecule has 6 aromatic rings. The Morgan fingerprint density at radius 3 is 2.14 bits per heavy atom. The summed E-state index contributed by atoms with van der Waals surface area (Å²) in [5.41, 5.74) is 5.83. The number of aryl methyl sites for hydroxylation is 2. The molecule has 0 bridgehead atoms. The van der Waals surface area contributed by atoms with Crippen LogP contribution in [0.5, 0.6) is 5.75 Å². The number of nitrogens with zero attached hydrogens (tertiary/aromatic N) is 1. The number of thioether (sulfide) groups is 1. The Morgan fingerprint density at radius 2 is 1.44 bits per heavy atom. The van der Waals surface area contributed by atoms with Gasteiger partial charge >= 0.3 is 5.97 Å². The molecule has 0 radical (unpaired) electrons. The van der Waals surface area contributed by atoms with Crippen LogP contribution in [0.25, 0.3) is 11.5 Å². The number of hydrogen-bond donors (Lipinski definition) is 2. The second kappa shape index (κ2) is 19.3. The van der Waals surface area contributed by atoms with Crippen molar-refractivity contribution in [3.8, 4) is 17.2 Å². The highest BCUT2D eigenvalue weighted by Gasteiger charge is 2.28. The van der Waals surface area contributed by atoms with Crippen LogP contribution in [-0.4, -0.2) is 45.0 Å². The summed E-state index contributed by atoms with van der Waals surface area (Å²) < 4.78 is 11.1. The number of benzene rings is 5. The summed E-state index contributed by atoms with van der Waals surface area (Å²) in [5, 5.41) is 13.1. The van der Waals surface area contributed by atoms with E-state index in [9.17, 15) is 19.5 Å². The lowest BCUT2D eigenvalue weighted by Gasteiger charge is -2.22. The number of anilines is 1. The SMILES string of the molecule is Cc1oc(-c2ccccc2)nc1CCOc1ccc(C[C@@H](CCC(=O)CCc2ccc(SC(C)(C)C(=O)O)cc2)Nc2ccccc2C(=O)c2ccccc2)cc1. The first-order valence-corrected chi connectivity index (χ1v) is 20.1. The molecular weight excluding hydrogens is 733 g/mol. The van der Waals surface area contributed by atoms with E-state index in [-0.39, 0.29) is 17.6 Å². The molecule has 0 aliphatic carbocycles. The van der Waals surface area contributed by atoms with Gasteiger partial charge in [-0.2, -0.15) is 0 Å². The molecule has 9 heteroatoms. The number of rotatable bonds is 20. The fourth-order valence-electron chi connectivity index (χ4n) is 6.44. The molecule has 1 heterocycles. The molecule has 1 aromatic heterocycles. The van der Waals surface area contributed by atoms with Gasteiger partial charge in [-0.1, -0.05) is 84.9 Å². The summed E-state index contributed by atoms with van der Waals surface area (Å²) in [6, 6.07) is 42.2. The number of carboxylic acid groups (broad SMARTS) is 1. The van der Waals surface area contributed by atoms with E-state index >= 15 is 0 Å². The van der Waals surface area contributed by atoms with Crippen LogP contribution < -0.4 is 10.1 Å². The molecule has 0 aliphatic heterocycles. The largest absolute Gasteiger partial charge is 0.493 e. The number of nitrogens with one attached hydrogen (secondary N) is 1. The first-order chi connectivity index (χ1) is 27.5. The molecule has 0 saturated carbocycles. The van der Waals surface area contributed by atoms with E-state index in [1.807, 2.05) is 140 Å². The first kappa shape index (κ1) is 40.7. The molecule has 8 nitrogen and oxygen atoms in total. The van der Waals surface area contributed by atoms with Crippen LogP contribution >= 0.6 is 11.8 Å². The van der Waals surface area contributed by atoms with Crippen LogP contribution in [0.15, 0.2) is 143 Å². The van der Waals surface area contributed by atoms with Gasteiger partial charge in [0.2, 0.25) is 5.89 Å². The van der Waals surface area contributed by atoms with Gasteiger partial charge in [0.1, 0.15) is 22.0 Å². The number of para-hydroxylation sites is 1. The molecule has 0 fully saturated rings. The number of carbonyl (C=O) groups is 3. The molecule has 0 aliphatic rings. The third kappa shape index (κ3) is 11.6. The van der Waals surface area contributed by atoms with E-state index in [0.29, 0.717) is 62.1 Å². The molecule has 0 spiro atoms. The molecule has 5 aromatic carbocycles. The second-order valence-electron chi connectivity index (χ2n) is 14.6. The van der Waals surface area contributed by atoms with Crippen LogP contribution in [0.1, 0.15) is 71.6 Å². The second-order valence-corrected chi connectivity index (χ2v) is 16.3. The smallest absolute Gasteiger partial charge is 0.319 e. The van der Waals surface area contributed by atoms with Crippen molar-refractivity contribution in [2.45, 2.75) is 75.0 Å². The lowest BCUT2D eigenvalue weighted by molar-refractivity contribution is -0.138. The van der Waals surface area contributed by atoms with E-state index < -0.39 is 10.7 Å². The highest BCUT2D eigenvalue weighted by molar-refractivity contribution is 8.01. The monoisotopic (exact) mass is 780 g/mol. The van der Waals surface area contributed by atoms with Crippen molar-refractivity contribution in [1.29, 1.82) is 0 Å². The summed E-state index contributed by atoms with van der Waals surface area (Å²) in [5.74, 6) is 1.36. The number of oxazole rings is 1. The van der Waals surface area contributed by atoms with Gasteiger partial charge in [-0.3, -0.25) is 14.4 Å². The van der Waals surface area contributed by atoms with Gasteiger partial charge in [-0.25, -0.2) is 4.98 Å². The molecule has 0 unspecified atom stereocenters. The minimum absolute atomic E-state index is 0.0666. The van der Waals surface area contributed by atoms with Crippen molar-refractivity contribution in [3.63, 3.8) is 0 Å². The highest BCUT2D eigenvalue weighted by Crippen LogP contribution is 2.33.